The third kappa shape index (κ3) is 5.95. The quantitative estimate of drug-likeness (QED) is 0.364. The van der Waals surface area contributed by atoms with Gasteiger partial charge in [0.25, 0.3) is 0 Å². The lowest BCUT2D eigenvalue weighted by Crippen LogP contribution is -2.59. The molecule has 0 aromatic heterocycles. The number of amides is 3. The van der Waals surface area contributed by atoms with Crippen LogP contribution in [0.25, 0.3) is 0 Å². The summed E-state index contributed by atoms with van der Waals surface area (Å²) in [7, 11) is 0. The molecule has 9 heteroatoms. The molecular weight excluding hydrogens is 398 g/mol. The summed E-state index contributed by atoms with van der Waals surface area (Å²) >= 11 is 0. The van der Waals surface area contributed by atoms with Gasteiger partial charge < -0.3 is 32.1 Å². The van der Waals surface area contributed by atoms with E-state index < -0.39 is 29.9 Å². The van der Waals surface area contributed by atoms with Crippen molar-refractivity contribution >= 4 is 17.7 Å². The molecule has 2 aliphatic heterocycles. The first kappa shape index (κ1) is 23.0. The Morgan fingerprint density at radius 2 is 1.90 bits per heavy atom. The number of fused-ring (bicyclic) bond motifs is 1. The highest BCUT2D eigenvalue weighted by molar-refractivity contribution is 5.93. The second kappa shape index (κ2) is 10.6. The lowest BCUT2D eigenvalue weighted by molar-refractivity contribution is -0.140. The number of aromatic hydroxyl groups is 1. The highest BCUT2D eigenvalue weighted by atomic mass is 16.3. The van der Waals surface area contributed by atoms with Crippen LogP contribution in [0, 0.1) is 0 Å². The van der Waals surface area contributed by atoms with Gasteiger partial charge in [-0.25, -0.2) is 0 Å². The average Bonchev–Trinajstić information content (AvgIpc) is 3.24. The van der Waals surface area contributed by atoms with Crippen LogP contribution >= 0.6 is 0 Å². The molecule has 0 bridgehead atoms. The SMILES string of the molecule is NCCC[C@@H](N)C(=O)N[C@H](Cc1ccc(O)cc1)C(=O)N[C@@H]1CC[C@@H]2CCCN2C1=O. The van der Waals surface area contributed by atoms with Crippen LogP contribution in [0.5, 0.6) is 5.75 Å². The topological polar surface area (TPSA) is 151 Å². The Morgan fingerprint density at radius 1 is 1.16 bits per heavy atom. The van der Waals surface area contributed by atoms with Crippen molar-refractivity contribution < 1.29 is 19.5 Å². The molecule has 3 rings (SSSR count). The number of nitrogens with one attached hydrogen (secondary N) is 2. The van der Waals surface area contributed by atoms with Crippen molar-refractivity contribution in [2.24, 2.45) is 11.5 Å². The number of rotatable bonds is 9. The smallest absolute Gasteiger partial charge is 0.245 e. The van der Waals surface area contributed by atoms with Crippen molar-refractivity contribution in [1.29, 1.82) is 0 Å². The van der Waals surface area contributed by atoms with Crippen molar-refractivity contribution in [3.05, 3.63) is 29.8 Å². The third-order valence-electron chi connectivity index (χ3n) is 6.13. The zero-order valence-corrected chi connectivity index (χ0v) is 17.8. The number of nitrogens with two attached hydrogens (primary N) is 2. The van der Waals surface area contributed by atoms with E-state index in [1.807, 2.05) is 4.90 Å². The van der Waals surface area contributed by atoms with E-state index >= 15 is 0 Å². The Hall–Kier alpha value is -2.65. The monoisotopic (exact) mass is 431 g/mol. The summed E-state index contributed by atoms with van der Waals surface area (Å²) in [4.78, 5) is 40.3. The van der Waals surface area contributed by atoms with Gasteiger partial charge in [-0.05, 0) is 62.8 Å². The van der Waals surface area contributed by atoms with Crippen LogP contribution in [0.1, 0.15) is 44.1 Å². The molecule has 31 heavy (non-hydrogen) atoms. The van der Waals surface area contributed by atoms with E-state index in [0.29, 0.717) is 25.8 Å². The number of hydrogen-bond donors (Lipinski definition) is 5. The first-order valence-corrected chi connectivity index (χ1v) is 11.0. The molecule has 0 radical (unpaired) electrons. The summed E-state index contributed by atoms with van der Waals surface area (Å²) in [6, 6.07) is 4.49. The number of benzene rings is 1. The van der Waals surface area contributed by atoms with Gasteiger partial charge in [0.15, 0.2) is 0 Å². The molecule has 1 aromatic rings. The first-order valence-electron chi connectivity index (χ1n) is 11.0. The fourth-order valence-corrected chi connectivity index (χ4v) is 4.34. The summed E-state index contributed by atoms with van der Waals surface area (Å²) in [5.41, 5.74) is 12.2. The van der Waals surface area contributed by atoms with E-state index in [1.165, 1.54) is 12.1 Å². The zero-order valence-electron chi connectivity index (χ0n) is 17.8. The number of phenolic OH excluding ortho intramolecular Hbond substituents is 1. The van der Waals surface area contributed by atoms with Crippen molar-refractivity contribution in [3.63, 3.8) is 0 Å². The number of piperidine rings is 1. The van der Waals surface area contributed by atoms with E-state index in [-0.39, 0.29) is 24.1 Å². The fourth-order valence-electron chi connectivity index (χ4n) is 4.34. The molecule has 4 atom stereocenters. The molecule has 0 unspecified atom stereocenters. The second-order valence-corrected chi connectivity index (χ2v) is 8.44. The number of hydrogen-bond acceptors (Lipinski definition) is 6. The van der Waals surface area contributed by atoms with E-state index in [4.69, 9.17) is 11.5 Å². The van der Waals surface area contributed by atoms with Crippen molar-refractivity contribution in [3.8, 4) is 5.75 Å². The van der Waals surface area contributed by atoms with Crippen LogP contribution in [0.3, 0.4) is 0 Å². The molecule has 7 N–H and O–H groups in total. The van der Waals surface area contributed by atoms with Crippen molar-refractivity contribution in [1.82, 2.24) is 15.5 Å². The summed E-state index contributed by atoms with van der Waals surface area (Å²) in [5.74, 6) is -0.771. The lowest BCUT2D eigenvalue weighted by Gasteiger charge is -2.35. The van der Waals surface area contributed by atoms with Crippen molar-refractivity contribution in [2.45, 2.75) is 69.1 Å². The van der Waals surface area contributed by atoms with Gasteiger partial charge in [0.2, 0.25) is 17.7 Å². The van der Waals surface area contributed by atoms with Gasteiger partial charge in [0.05, 0.1) is 6.04 Å². The molecule has 0 aliphatic carbocycles. The maximum atomic E-state index is 13.1. The molecule has 3 amide bonds. The highest BCUT2D eigenvalue weighted by Gasteiger charge is 2.39. The Bertz CT molecular complexity index is 785. The minimum atomic E-state index is -0.884. The molecule has 0 spiro atoms. The largest absolute Gasteiger partial charge is 0.508 e. The molecule has 170 valence electrons. The second-order valence-electron chi connectivity index (χ2n) is 8.44. The molecule has 0 saturated carbocycles. The van der Waals surface area contributed by atoms with Gasteiger partial charge in [-0.15, -0.1) is 0 Å². The van der Waals surface area contributed by atoms with E-state index in [1.54, 1.807) is 12.1 Å². The standard InChI is InChI=1S/C22H33N5O4/c23-11-1-4-17(24)20(29)26-19(13-14-5-8-16(28)9-6-14)21(30)25-18-10-7-15-3-2-12-27(15)22(18)31/h5-6,8-9,15,17-19,28H,1-4,7,10-13,23-24H2,(H,25,30)(H,26,29)/t15-,17+,18+,19+/m0/s1. The van der Waals surface area contributed by atoms with Gasteiger partial charge in [-0.2, -0.15) is 0 Å². The molecular formula is C22H33N5O4. The van der Waals surface area contributed by atoms with Crippen LogP contribution in [-0.4, -0.2) is 65.0 Å². The summed E-state index contributed by atoms with van der Waals surface area (Å²) in [5, 5.41) is 15.1. The van der Waals surface area contributed by atoms with Crippen LogP contribution in [0.4, 0.5) is 0 Å². The van der Waals surface area contributed by atoms with E-state index in [0.717, 1.165) is 31.4 Å². The molecule has 1 aromatic carbocycles. The molecule has 2 fully saturated rings. The number of carbonyl (C=O) groups excluding carboxylic acids is 3. The molecule has 9 nitrogen and oxygen atoms in total. The predicted molar refractivity (Wildman–Crippen MR) is 116 cm³/mol. The number of phenols is 1. The minimum absolute atomic E-state index is 0.0449. The summed E-state index contributed by atoms with van der Waals surface area (Å²) in [6.45, 7) is 1.17. The maximum Gasteiger partial charge on any atom is 0.245 e. The normalized spacial score (nSPS) is 22.5. The Kier molecular flexibility index (Phi) is 7.86. The first-order chi connectivity index (χ1) is 14.9. The van der Waals surface area contributed by atoms with Gasteiger partial charge >= 0.3 is 0 Å². The fraction of sp³-hybridized carbons (Fsp3) is 0.591. The maximum absolute atomic E-state index is 13.1. The van der Waals surface area contributed by atoms with Gasteiger partial charge in [-0.3, -0.25) is 14.4 Å². The Labute approximate surface area is 182 Å². The molecule has 2 aliphatic rings. The number of nitrogens with zero attached hydrogens (tertiary/aromatic N) is 1. The minimum Gasteiger partial charge on any atom is -0.508 e. The average molecular weight is 432 g/mol. The van der Waals surface area contributed by atoms with Gasteiger partial charge in [0, 0.05) is 19.0 Å². The molecule has 2 saturated heterocycles. The van der Waals surface area contributed by atoms with Crippen LogP contribution < -0.4 is 22.1 Å². The Balaban J connectivity index is 1.68. The predicted octanol–water partition coefficient (Wildman–Crippen LogP) is -0.245. The highest BCUT2D eigenvalue weighted by Crippen LogP contribution is 2.27. The van der Waals surface area contributed by atoms with Crippen molar-refractivity contribution in [2.75, 3.05) is 13.1 Å². The third-order valence-corrected chi connectivity index (χ3v) is 6.13. The van der Waals surface area contributed by atoms with E-state index in [2.05, 4.69) is 10.6 Å². The van der Waals surface area contributed by atoms with Gasteiger partial charge in [0.1, 0.15) is 17.8 Å². The van der Waals surface area contributed by atoms with Crippen LogP contribution in [-0.2, 0) is 20.8 Å². The van der Waals surface area contributed by atoms with Gasteiger partial charge in [-0.1, -0.05) is 12.1 Å². The number of carbonyl (C=O) groups is 3. The molecule has 2 heterocycles. The van der Waals surface area contributed by atoms with E-state index in [9.17, 15) is 19.5 Å². The Morgan fingerprint density at radius 3 is 2.61 bits per heavy atom. The summed E-state index contributed by atoms with van der Waals surface area (Å²) < 4.78 is 0. The van der Waals surface area contributed by atoms with Crippen LogP contribution in [0.15, 0.2) is 24.3 Å². The zero-order chi connectivity index (χ0) is 22.4. The van der Waals surface area contributed by atoms with Crippen LogP contribution in [0.2, 0.25) is 0 Å². The lowest BCUT2D eigenvalue weighted by atomic mass is 9.97. The summed E-state index contributed by atoms with van der Waals surface area (Å²) in [6.07, 6.45) is 4.74.